The largest absolute Gasteiger partial charge is 0.394 e. The number of rotatable bonds is 46. The van der Waals surface area contributed by atoms with Crippen molar-refractivity contribution in [1.29, 1.82) is 0 Å². The maximum absolute atomic E-state index is 13.2. The smallest absolute Gasteiger partial charge is 0.220 e. The van der Waals surface area contributed by atoms with Crippen molar-refractivity contribution in [1.82, 2.24) is 5.32 Å². The van der Waals surface area contributed by atoms with Crippen molar-refractivity contribution >= 4 is 5.91 Å². The number of aliphatic hydroxyl groups excluding tert-OH is 8. The van der Waals surface area contributed by atoms with Gasteiger partial charge in [0.1, 0.15) is 48.8 Å². The third-order valence-electron chi connectivity index (χ3n) is 14.5. The molecule has 0 aromatic carbocycles. The first kappa shape index (κ1) is 64.8. The topological polar surface area (TPSA) is 228 Å². The van der Waals surface area contributed by atoms with Gasteiger partial charge in [-0.3, -0.25) is 4.79 Å². The van der Waals surface area contributed by atoms with E-state index in [1.54, 1.807) is 6.08 Å². The highest BCUT2D eigenvalue weighted by molar-refractivity contribution is 5.76. The number of ether oxygens (including phenoxy) is 4. The molecule has 0 bridgehead atoms. The molecule has 12 unspecified atom stereocenters. The third kappa shape index (κ3) is 29.0. The van der Waals surface area contributed by atoms with Crippen LogP contribution in [-0.2, 0) is 23.7 Å². The number of amides is 1. The number of aliphatic hydroxyl groups is 8. The highest BCUT2D eigenvalue weighted by atomic mass is 16.7. The molecule has 0 aromatic heterocycles. The molecular formula is C56H107NO13. The zero-order chi connectivity index (χ0) is 51.0. The standard InChI is InChI=1S/C56H107NO13/c1-3-5-7-9-11-13-15-17-19-20-21-22-23-24-26-27-29-31-33-35-37-39-45(60)44(57-48(61)40-38-36-34-32-30-28-25-18-16-14-12-10-8-6-4-2)43-67-55-53(66)51(64)54(47(42-59)69-55)70-56-52(65)50(63)49(62)46(41-58)68-56/h37,39,44-47,49-56,58-60,62-66H,3-36,38,40-43H2,1-2H3,(H,57,61)/b39-37+. The van der Waals surface area contributed by atoms with Crippen molar-refractivity contribution in [3.8, 4) is 0 Å². The number of allylic oxidation sites excluding steroid dienone is 1. The van der Waals surface area contributed by atoms with Gasteiger partial charge in [0.05, 0.1) is 32.0 Å². The van der Waals surface area contributed by atoms with Gasteiger partial charge < -0.3 is 65.1 Å². The van der Waals surface area contributed by atoms with E-state index >= 15 is 0 Å². The average Bonchev–Trinajstić information content (AvgIpc) is 3.36. The third-order valence-corrected chi connectivity index (χ3v) is 14.5. The summed E-state index contributed by atoms with van der Waals surface area (Å²) in [6.45, 7) is 2.82. The van der Waals surface area contributed by atoms with Gasteiger partial charge >= 0.3 is 0 Å². The number of nitrogens with one attached hydrogen (secondary N) is 1. The van der Waals surface area contributed by atoms with Gasteiger partial charge in [-0.1, -0.05) is 231 Å². The summed E-state index contributed by atoms with van der Waals surface area (Å²) in [5.41, 5.74) is 0. The SMILES string of the molecule is CCCCCCCCCCCCCCCCCCCCC/C=C/C(O)C(COC1OC(CO)C(OC2OC(CO)C(O)C(O)C2O)C(O)C1O)NC(=O)CCCCCCCCCCCCCCCCC. The van der Waals surface area contributed by atoms with E-state index in [4.69, 9.17) is 18.9 Å². The summed E-state index contributed by atoms with van der Waals surface area (Å²) in [4.78, 5) is 13.2. The molecule has 70 heavy (non-hydrogen) atoms. The van der Waals surface area contributed by atoms with E-state index in [2.05, 4.69) is 19.2 Å². The van der Waals surface area contributed by atoms with Crippen molar-refractivity contribution in [2.45, 2.75) is 319 Å². The van der Waals surface area contributed by atoms with E-state index in [1.165, 1.54) is 180 Å². The Hall–Kier alpha value is -1.27. The lowest BCUT2D eigenvalue weighted by Gasteiger charge is -2.46. The normalized spacial score (nSPS) is 26.0. The van der Waals surface area contributed by atoms with Crippen molar-refractivity contribution in [2.75, 3.05) is 19.8 Å². The van der Waals surface area contributed by atoms with Gasteiger partial charge in [0, 0.05) is 6.42 Å². The summed E-state index contributed by atoms with van der Waals surface area (Å²) < 4.78 is 22.8. The molecule has 2 heterocycles. The van der Waals surface area contributed by atoms with Crippen molar-refractivity contribution in [3.05, 3.63) is 12.2 Å². The van der Waals surface area contributed by atoms with E-state index in [0.29, 0.717) is 6.42 Å². The van der Waals surface area contributed by atoms with Crippen LogP contribution in [0.2, 0.25) is 0 Å². The van der Waals surface area contributed by atoms with E-state index in [-0.39, 0.29) is 18.9 Å². The molecule has 14 heteroatoms. The maximum atomic E-state index is 13.2. The number of hydrogen-bond acceptors (Lipinski definition) is 13. The van der Waals surface area contributed by atoms with Crippen LogP contribution < -0.4 is 5.32 Å². The monoisotopic (exact) mass is 1000 g/mol. The molecule has 2 aliphatic heterocycles. The maximum Gasteiger partial charge on any atom is 0.220 e. The molecule has 0 radical (unpaired) electrons. The van der Waals surface area contributed by atoms with E-state index in [1.807, 2.05) is 6.08 Å². The van der Waals surface area contributed by atoms with Gasteiger partial charge in [0.2, 0.25) is 5.91 Å². The Bertz CT molecular complexity index is 1230. The van der Waals surface area contributed by atoms with E-state index < -0.39 is 86.8 Å². The zero-order valence-corrected chi connectivity index (χ0v) is 44.3. The quantitative estimate of drug-likeness (QED) is 0.0205. The minimum atomic E-state index is -1.78. The van der Waals surface area contributed by atoms with Crippen LogP contribution in [0.5, 0.6) is 0 Å². The molecule has 12 atom stereocenters. The molecule has 0 spiro atoms. The van der Waals surface area contributed by atoms with Crippen LogP contribution in [0, 0.1) is 0 Å². The van der Waals surface area contributed by atoms with Crippen LogP contribution >= 0.6 is 0 Å². The van der Waals surface area contributed by atoms with Crippen LogP contribution in [0.4, 0.5) is 0 Å². The second-order valence-corrected chi connectivity index (χ2v) is 20.8. The van der Waals surface area contributed by atoms with E-state index in [9.17, 15) is 45.6 Å². The molecule has 14 nitrogen and oxygen atoms in total. The Morgan fingerprint density at radius 2 is 0.886 bits per heavy atom. The number of hydrogen-bond donors (Lipinski definition) is 9. The summed E-state index contributed by atoms with van der Waals surface area (Å²) in [7, 11) is 0. The minimum Gasteiger partial charge on any atom is -0.394 e. The van der Waals surface area contributed by atoms with Gasteiger partial charge in [-0.15, -0.1) is 0 Å². The van der Waals surface area contributed by atoms with Crippen LogP contribution in [-0.4, -0.2) is 140 Å². The predicted octanol–water partition coefficient (Wildman–Crippen LogP) is 9.11. The van der Waals surface area contributed by atoms with Gasteiger partial charge in [-0.25, -0.2) is 0 Å². The Morgan fingerprint density at radius 1 is 0.500 bits per heavy atom. The second-order valence-electron chi connectivity index (χ2n) is 20.8. The molecule has 2 aliphatic rings. The van der Waals surface area contributed by atoms with Gasteiger partial charge in [0.15, 0.2) is 12.6 Å². The fraction of sp³-hybridized carbons (Fsp3) is 0.946. The highest BCUT2D eigenvalue weighted by Gasteiger charge is 2.51. The summed E-state index contributed by atoms with van der Waals surface area (Å²) in [5, 5.41) is 87.0. The number of unbranched alkanes of at least 4 members (excludes halogenated alkanes) is 33. The molecule has 9 N–H and O–H groups in total. The molecule has 2 rings (SSSR count). The molecule has 414 valence electrons. The Morgan fingerprint density at radius 3 is 1.31 bits per heavy atom. The second kappa shape index (κ2) is 43.0. The lowest BCUT2D eigenvalue weighted by atomic mass is 9.97. The first-order valence-corrected chi connectivity index (χ1v) is 28.9. The Kier molecular flexibility index (Phi) is 39.9. The number of carbonyl (C=O) groups excluding carboxylic acids is 1. The summed E-state index contributed by atoms with van der Waals surface area (Å²) >= 11 is 0. The molecule has 0 saturated carbocycles. The van der Waals surface area contributed by atoms with Crippen molar-refractivity contribution in [3.63, 3.8) is 0 Å². The number of carbonyl (C=O) groups is 1. The van der Waals surface area contributed by atoms with Crippen LogP contribution in [0.3, 0.4) is 0 Å². The van der Waals surface area contributed by atoms with Gasteiger partial charge in [-0.2, -0.15) is 0 Å². The average molecular weight is 1000 g/mol. The fourth-order valence-electron chi connectivity index (χ4n) is 9.76. The highest BCUT2D eigenvalue weighted by Crippen LogP contribution is 2.30. The molecule has 0 aromatic rings. The summed E-state index contributed by atoms with van der Waals surface area (Å²) in [5.74, 6) is -0.235. The van der Waals surface area contributed by atoms with Crippen LogP contribution in [0.1, 0.15) is 245 Å². The first-order valence-electron chi connectivity index (χ1n) is 28.9. The Balaban J connectivity index is 1.78. The molecule has 0 aliphatic carbocycles. The molecule has 1 amide bonds. The lowest BCUT2D eigenvalue weighted by molar-refractivity contribution is -0.359. The van der Waals surface area contributed by atoms with Gasteiger partial charge in [-0.05, 0) is 19.3 Å². The van der Waals surface area contributed by atoms with Crippen molar-refractivity contribution < 1.29 is 64.6 Å². The first-order chi connectivity index (χ1) is 34.1. The van der Waals surface area contributed by atoms with Crippen molar-refractivity contribution in [2.24, 2.45) is 0 Å². The lowest BCUT2D eigenvalue weighted by Crippen LogP contribution is -2.65. The van der Waals surface area contributed by atoms with Crippen LogP contribution in [0.15, 0.2) is 12.2 Å². The predicted molar refractivity (Wildman–Crippen MR) is 277 cm³/mol. The molecular weight excluding hydrogens is 895 g/mol. The summed E-state index contributed by atoms with van der Waals surface area (Å²) in [6.07, 6.45) is 31.0. The zero-order valence-electron chi connectivity index (χ0n) is 44.3. The van der Waals surface area contributed by atoms with Crippen LogP contribution in [0.25, 0.3) is 0 Å². The molecule has 2 fully saturated rings. The fourth-order valence-corrected chi connectivity index (χ4v) is 9.76. The summed E-state index contributed by atoms with van der Waals surface area (Å²) in [6, 6.07) is -0.909. The van der Waals surface area contributed by atoms with E-state index in [0.717, 1.165) is 38.5 Å². The Labute approximate surface area is 425 Å². The van der Waals surface area contributed by atoms with Gasteiger partial charge in [0.25, 0.3) is 0 Å². The molecule has 2 saturated heterocycles. The minimum absolute atomic E-state index is 0.235.